The zero-order valence-corrected chi connectivity index (χ0v) is 15.3. The van der Waals surface area contributed by atoms with Crippen LogP contribution in [0.1, 0.15) is 0 Å². The van der Waals surface area contributed by atoms with Crippen LogP contribution >= 0.6 is 23.1 Å². The van der Waals surface area contributed by atoms with Gasteiger partial charge in [-0.2, -0.15) is 0 Å². The van der Waals surface area contributed by atoms with Crippen LogP contribution in [0.4, 0.5) is 5.69 Å². The van der Waals surface area contributed by atoms with Gasteiger partial charge in [-0.25, -0.2) is 4.98 Å². The fraction of sp³-hybridized carbons (Fsp3) is 0.278. The summed E-state index contributed by atoms with van der Waals surface area (Å²) in [6.07, 6.45) is 3.61. The Morgan fingerprint density at radius 2 is 1.84 bits per heavy atom. The SMILES string of the molecule is O=C(CSc1nc2ccccc2s1)N1CCN(c2ccncc2)CC1. The summed E-state index contributed by atoms with van der Waals surface area (Å²) in [6, 6.07) is 12.1. The van der Waals surface area contributed by atoms with E-state index in [4.69, 9.17) is 0 Å². The number of thiazole rings is 1. The van der Waals surface area contributed by atoms with E-state index in [9.17, 15) is 4.79 Å². The van der Waals surface area contributed by atoms with Crippen molar-refractivity contribution in [1.29, 1.82) is 0 Å². The molecule has 0 radical (unpaired) electrons. The standard InChI is InChI=1S/C18H18N4OS2/c23-17(13-24-18-20-15-3-1-2-4-16(15)25-18)22-11-9-21(10-12-22)14-5-7-19-8-6-14/h1-8H,9-13H2. The fourth-order valence-corrected chi connectivity index (χ4v) is 4.87. The number of pyridine rings is 1. The van der Waals surface area contributed by atoms with Crippen molar-refractivity contribution < 1.29 is 4.79 Å². The molecule has 1 aliphatic rings. The molecule has 128 valence electrons. The van der Waals surface area contributed by atoms with Gasteiger partial charge in [0.15, 0.2) is 4.34 Å². The van der Waals surface area contributed by atoms with E-state index in [1.807, 2.05) is 47.6 Å². The number of hydrogen-bond acceptors (Lipinski definition) is 6. The molecule has 0 saturated carbocycles. The maximum atomic E-state index is 12.5. The number of amides is 1. The van der Waals surface area contributed by atoms with Crippen molar-refractivity contribution in [2.75, 3.05) is 36.8 Å². The molecule has 0 N–H and O–H groups in total. The highest BCUT2D eigenvalue weighted by atomic mass is 32.2. The quantitative estimate of drug-likeness (QED) is 0.661. The molecule has 0 spiro atoms. The molecule has 0 atom stereocenters. The maximum Gasteiger partial charge on any atom is 0.233 e. The normalized spacial score (nSPS) is 14.9. The number of hydrogen-bond donors (Lipinski definition) is 0. The first-order valence-electron chi connectivity index (χ1n) is 8.21. The molecule has 25 heavy (non-hydrogen) atoms. The first kappa shape index (κ1) is 16.4. The predicted octanol–water partition coefficient (Wildman–Crippen LogP) is 3.13. The molecule has 1 fully saturated rings. The van der Waals surface area contributed by atoms with Gasteiger partial charge in [0.2, 0.25) is 5.91 Å². The molecule has 0 bridgehead atoms. The van der Waals surface area contributed by atoms with Gasteiger partial charge in [-0.3, -0.25) is 9.78 Å². The number of benzene rings is 1. The number of thioether (sulfide) groups is 1. The highest BCUT2D eigenvalue weighted by Gasteiger charge is 2.21. The van der Waals surface area contributed by atoms with E-state index < -0.39 is 0 Å². The zero-order chi connectivity index (χ0) is 17.1. The molecular formula is C18H18N4OS2. The predicted molar refractivity (Wildman–Crippen MR) is 103 cm³/mol. The largest absolute Gasteiger partial charge is 0.368 e. The summed E-state index contributed by atoms with van der Waals surface area (Å²) in [7, 11) is 0. The lowest BCUT2D eigenvalue weighted by Crippen LogP contribution is -2.49. The van der Waals surface area contributed by atoms with Gasteiger partial charge in [0.05, 0.1) is 16.0 Å². The van der Waals surface area contributed by atoms with E-state index in [2.05, 4.69) is 20.9 Å². The van der Waals surface area contributed by atoms with E-state index in [1.165, 1.54) is 22.1 Å². The number of carbonyl (C=O) groups is 1. The second-order valence-electron chi connectivity index (χ2n) is 5.81. The molecule has 3 heterocycles. The Balaban J connectivity index is 1.30. The summed E-state index contributed by atoms with van der Waals surface area (Å²) in [5, 5.41) is 0. The van der Waals surface area contributed by atoms with Crippen LogP contribution in [0.25, 0.3) is 10.2 Å². The summed E-state index contributed by atoms with van der Waals surface area (Å²) in [4.78, 5) is 25.4. The average molecular weight is 371 g/mol. The smallest absolute Gasteiger partial charge is 0.233 e. The summed E-state index contributed by atoms with van der Waals surface area (Å²) >= 11 is 3.19. The van der Waals surface area contributed by atoms with E-state index in [-0.39, 0.29) is 5.91 Å². The third-order valence-corrected chi connectivity index (χ3v) is 6.42. The van der Waals surface area contributed by atoms with Crippen molar-refractivity contribution in [2.24, 2.45) is 0 Å². The molecule has 7 heteroatoms. The number of piperazine rings is 1. The van der Waals surface area contributed by atoms with Crippen LogP contribution < -0.4 is 4.90 Å². The maximum absolute atomic E-state index is 12.5. The van der Waals surface area contributed by atoms with Crippen LogP contribution in [0, 0.1) is 0 Å². The van der Waals surface area contributed by atoms with Gasteiger partial charge in [-0.15, -0.1) is 11.3 Å². The zero-order valence-electron chi connectivity index (χ0n) is 13.7. The Morgan fingerprint density at radius 1 is 1.08 bits per heavy atom. The number of nitrogens with zero attached hydrogens (tertiary/aromatic N) is 4. The second kappa shape index (κ2) is 7.41. The monoisotopic (exact) mass is 370 g/mol. The minimum atomic E-state index is 0.193. The highest BCUT2D eigenvalue weighted by molar-refractivity contribution is 8.01. The number of anilines is 1. The van der Waals surface area contributed by atoms with Crippen LogP contribution in [0.15, 0.2) is 53.1 Å². The van der Waals surface area contributed by atoms with Gasteiger partial charge in [-0.05, 0) is 24.3 Å². The third-order valence-electron chi connectivity index (χ3n) is 4.25. The number of carbonyl (C=O) groups excluding carboxylic acids is 1. The topological polar surface area (TPSA) is 49.3 Å². The second-order valence-corrected chi connectivity index (χ2v) is 8.06. The number of aromatic nitrogens is 2. The molecule has 0 unspecified atom stereocenters. The highest BCUT2D eigenvalue weighted by Crippen LogP contribution is 2.29. The van der Waals surface area contributed by atoms with E-state index in [1.54, 1.807) is 11.3 Å². The van der Waals surface area contributed by atoms with Crippen molar-refractivity contribution in [3.05, 3.63) is 48.8 Å². The van der Waals surface area contributed by atoms with Gasteiger partial charge in [0.1, 0.15) is 0 Å². The van der Waals surface area contributed by atoms with Crippen LogP contribution in [0.2, 0.25) is 0 Å². The first-order valence-corrected chi connectivity index (χ1v) is 10.0. The van der Waals surface area contributed by atoms with Gasteiger partial charge in [0.25, 0.3) is 0 Å². The summed E-state index contributed by atoms with van der Waals surface area (Å²) in [6.45, 7) is 3.26. The Bertz CT molecular complexity index is 827. The van der Waals surface area contributed by atoms with Crippen LogP contribution in [-0.2, 0) is 4.79 Å². The van der Waals surface area contributed by atoms with Gasteiger partial charge in [-0.1, -0.05) is 23.9 Å². The van der Waals surface area contributed by atoms with Crippen molar-refractivity contribution in [3.8, 4) is 0 Å². The molecular weight excluding hydrogens is 352 g/mol. The van der Waals surface area contributed by atoms with Crippen LogP contribution in [0.5, 0.6) is 0 Å². The summed E-state index contributed by atoms with van der Waals surface area (Å²) < 4.78 is 2.13. The van der Waals surface area contributed by atoms with Crippen molar-refractivity contribution in [2.45, 2.75) is 4.34 Å². The molecule has 1 saturated heterocycles. The van der Waals surface area contributed by atoms with Crippen molar-refractivity contribution in [1.82, 2.24) is 14.9 Å². The molecule has 2 aromatic heterocycles. The average Bonchev–Trinajstić information content (AvgIpc) is 3.10. The minimum absolute atomic E-state index is 0.193. The first-order chi connectivity index (χ1) is 12.3. The Kier molecular flexibility index (Phi) is 4.85. The number of para-hydroxylation sites is 1. The molecule has 1 aromatic carbocycles. The lowest BCUT2D eigenvalue weighted by atomic mass is 10.2. The van der Waals surface area contributed by atoms with Crippen LogP contribution in [0.3, 0.4) is 0 Å². The Hall–Kier alpha value is -2.12. The molecule has 1 amide bonds. The number of rotatable bonds is 4. The minimum Gasteiger partial charge on any atom is -0.368 e. The third kappa shape index (κ3) is 3.77. The van der Waals surface area contributed by atoms with E-state index in [0.29, 0.717) is 5.75 Å². The lowest BCUT2D eigenvalue weighted by Gasteiger charge is -2.36. The lowest BCUT2D eigenvalue weighted by molar-refractivity contribution is -0.128. The molecule has 1 aliphatic heterocycles. The summed E-state index contributed by atoms with van der Waals surface area (Å²) in [5.41, 5.74) is 2.18. The molecule has 5 nitrogen and oxygen atoms in total. The molecule has 3 aromatic rings. The van der Waals surface area contributed by atoms with Gasteiger partial charge in [0, 0.05) is 44.3 Å². The summed E-state index contributed by atoms with van der Waals surface area (Å²) in [5.74, 6) is 0.647. The Morgan fingerprint density at radius 3 is 2.60 bits per heavy atom. The Labute approximate surface area is 154 Å². The van der Waals surface area contributed by atoms with E-state index in [0.717, 1.165) is 36.0 Å². The van der Waals surface area contributed by atoms with Crippen LogP contribution in [-0.4, -0.2) is 52.7 Å². The molecule has 4 rings (SSSR count). The molecule has 0 aliphatic carbocycles. The van der Waals surface area contributed by atoms with Gasteiger partial charge >= 0.3 is 0 Å². The van der Waals surface area contributed by atoms with Crippen molar-refractivity contribution >= 4 is 44.9 Å². The van der Waals surface area contributed by atoms with Gasteiger partial charge < -0.3 is 9.80 Å². The van der Waals surface area contributed by atoms with E-state index >= 15 is 0 Å². The fourth-order valence-electron chi connectivity index (χ4n) is 2.90. The number of fused-ring (bicyclic) bond motifs is 1. The van der Waals surface area contributed by atoms with Crippen molar-refractivity contribution in [3.63, 3.8) is 0 Å².